The molecule has 170 valence electrons. The van der Waals surface area contributed by atoms with Gasteiger partial charge in [0.15, 0.2) is 11.4 Å². The summed E-state index contributed by atoms with van der Waals surface area (Å²) in [6.45, 7) is 3.64. The van der Waals surface area contributed by atoms with Gasteiger partial charge in [-0.15, -0.1) is 0 Å². The molecule has 1 fully saturated rings. The van der Waals surface area contributed by atoms with E-state index in [2.05, 4.69) is 10.2 Å². The molecule has 2 amide bonds. The van der Waals surface area contributed by atoms with Crippen LogP contribution in [0.4, 0.5) is 8.78 Å². The van der Waals surface area contributed by atoms with E-state index in [0.29, 0.717) is 32.2 Å². The van der Waals surface area contributed by atoms with Gasteiger partial charge in [0.05, 0.1) is 0 Å². The summed E-state index contributed by atoms with van der Waals surface area (Å²) in [6, 6.07) is 2.94. The SMILES string of the molecule is CCN1C(=O)c2c(O)c(=O)c(C(=O)NCc3ccc(F)cc3F)cn2N2CCN(C)C[C@@H]12. The van der Waals surface area contributed by atoms with E-state index in [4.69, 9.17) is 0 Å². The number of carbonyl (C=O) groups is 2. The summed E-state index contributed by atoms with van der Waals surface area (Å²) >= 11 is 0. The van der Waals surface area contributed by atoms with Crippen molar-refractivity contribution in [3.05, 3.63) is 63.1 Å². The Morgan fingerprint density at radius 3 is 2.69 bits per heavy atom. The van der Waals surface area contributed by atoms with Crippen molar-refractivity contribution in [1.82, 2.24) is 19.8 Å². The first-order chi connectivity index (χ1) is 15.2. The first kappa shape index (κ1) is 21.8. The largest absolute Gasteiger partial charge is 0.502 e. The molecular formula is C21H23F2N5O4. The summed E-state index contributed by atoms with van der Waals surface area (Å²) in [5.74, 6) is -3.74. The van der Waals surface area contributed by atoms with E-state index in [9.17, 15) is 28.3 Å². The van der Waals surface area contributed by atoms with Crippen LogP contribution >= 0.6 is 0 Å². The van der Waals surface area contributed by atoms with Crippen LogP contribution in [0.5, 0.6) is 5.75 Å². The molecule has 2 aliphatic rings. The van der Waals surface area contributed by atoms with Crippen molar-refractivity contribution >= 4 is 11.8 Å². The maximum absolute atomic E-state index is 13.9. The van der Waals surface area contributed by atoms with Gasteiger partial charge in [-0.2, -0.15) is 0 Å². The first-order valence-electron chi connectivity index (χ1n) is 10.2. The van der Waals surface area contributed by atoms with Gasteiger partial charge in [-0.3, -0.25) is 24.1 Å². The zero-order chi connectivity index (χ0) is 23.2. The molecule has 1 atom stereocenters. The fraction of sp³-hybridized carbons (Fsp3) is 0.381. The van der Waals surface area contributed by atoms with Crippen molar-refractivity contribution in [3.8, 4) is 5.75 Å². The number of fused-ring (bicyclic) bond motifs is 3. The minimum Gasteiger partial charge on any atom is -0.502 e. The molecule has 0 bridgehead atoms. The molecule has 3 heterocycles. The van der Waals surface area contributed by atoms with E-state index in [0.717, 1.165) is 6.07 Å². The number of hydrogen-bond acceptors (Lipinski definition) is 6. The van der Waals surface area contributed by atoms with Crippen molar-refractivity contribution in [2.24, 2.45) is 0 Å². The van der Waals surface area contributed by atoms with E-state index < -0.39 is 34.6 Å². The lowest BCUT2D eigenvalue weighted by molar-refractivity contribution is 0.0457. The molecule has 0 saturated carbocycles. The van der Waals surface area contributed by atoms with Gasteiger partial charge in [0.2, 0.25) is 5.43 Å². The van der Waals surface area contributed by atoms with Gasteiger partial charge in [0.25, 0.3) is 11.8 Å². The third kappa shape index (κ3) is 3.58. The molecule has 11 heteroatoms. The van der Waals surface area contributed by atoms with Crippen molar-refractivity contribution < 1.29 is 23.5 Å². The summed E-state index contributed by atoms with van der Waals surface area (Å²) in [7, 11) is 1.93. The molecular weight excluding hydrogens is 424 g/mol. The number of carbonyl (C=O) groups excluding carboxylic acids is 2. The summed E-state index contributed by atoms with van der Waals surface area (Å²) in [5.41, 5.74) is -1.54. The van der Waals surface area contributed by atoms with Crippen LogP contribution in [0.25, 0.3) is 0 Å². The molecule has 32 heavy (non-hydrogen) atoms. The summed E-state index contributed by atoms with van der Waals surface area (Å²) in [6.07, 6.45) is 0.904. The molecule has 2 aromatic rings. The van der Waals surface area contributed by atoms with Gasteiger partial charge in [0.1, 0.15) is 23.4 Å². The Morgan fingerprint density at radius 2 is 2.00 bits per heavy atom. The van der Waals surface area contributed by atoms with E-state index in [1.54, 1.807) is 4.90 Å². The second kappa shape index (κ2) is 8.23. The van der Waals surface area contributed by atoms with Crippen LogP contribution in [0.15, 0.2) is 29.2 Å². The van der Waals surface area contributed by atoms with Crippen molar-refractivity contribution in [1.29, 1.82) is 0 Å². The Balaban J connectivity index is 1.69. The number of likely N-dealkylation sites (N-methyl/N-ethyl adjacent to an activating group) is 2. The molecule has 2 aliphatic heterocycles. The fourth-order valence-electron chi connectivity index (χ4n) is 4.11. The minimum absolute atomic E-state index is 0.0370. The van der Waals surface area contributed by atoms with Gasteiger partial charge in [-0.1, -0.05) is 6.07 Å². The normalized spacial score (nSPS) is 18.4. The number of aromatic hydroxyl groups is 1. The zero-order valence-electron chi connectivity index (χ0n) is 17.6. The Kier molecular flexibility index (Phi) is 5.59. The number of rotatable bonds is 4. The maximum atomic E-state index is 13.9. The molecule has 9 nitrogen and oxygen atoms in total. The van der Waals surface area contributed by atoms with Crippen molar-refractivity contribution in [2.45, 2.75) is 19.6 Å². The van der Waals surface area contributed by atoms with E-state index in [-0.39, 0.29) is 29.5 Å². The average molecular weight is 447 g/mol. The lowest BCUT2D eigenvalue weighted by atomic mass is 10.1. The number of halogens is 2. The van der Waals surface area contributed by atoms with Crippen LogP contribution in [-0.4, -0.2) is 70.8 Å². The smallest absolute Gasteiger partial charge is 0.278 e. The van der Waals surface area contributed by atoms with Gasteiger partial charge in [-0.05, 0) is 20.0 Å². The van der Waals surface area contributed by atoms with Crippen LogP contribution in [0.1, 0.15) is 33.3 Å². The predicted molar refractivity (Wildman–Crippen MR) is 111 cm³/mol. The number of nitrogens with one attached hydrogen (secondary N) is 1. The van der Waals surface area contributed by atoms with E-state index in [1.807, 2.05) is 19.0 Å². The molecule has 4 rings (SSSR count). The van der Waals surface area contributed by atoms with Gasteiger partial charge < -0.3 is 20.2 Å². The summed E-state index contributed by atoms with van der Waals surface area (Å²) in [5, 5.41) is 14.8. The third-order valence-corrected chi connectivity index (χ3v) is 5.83. The molecule has 0 spiro atoms. The van der Waals surface area contributed by atoms with E-state index in [1.165, 1.54) is 16.9 Å². The highest BCUT2D eigenvalue weighted by molar-refractivity contribution is 5.99. The summed E-state index contributed by atoms with van der Waals surface area (Å²) in [4.78, 5) is 42.1. The van der Waals surface area contributed by atoms with Crippen LogP contribution in [0.3, 0.4) is 0 Å². The highest BCUT2D eigenvalue weighted by Gasteiger charge is 2.41. The number of piperazine rings is 1. The Morgan fingerprint density at radius 1 is 1.25 bits per heavy atom. The number of nitrogens with zero attached hydrogens (tertiary/aromatic N) is 4. The van der Waals surface area contributed by atoms with Gasteiger partial charge in [-0.25, -0.2) is 8.78 Å². The summed E-state index contributed by atoms with van der Waals surface area (Å²) < 4.78 is 28.3. The molecule has 1 aromatic heterocycles. The standard InChI is InChI=1S/C21H23F2N5O4/c1-3-26-16-11-25(2)6-7-27(16)28-10-14(18(29)19(30)17(28)21(26)32)20(31)24-9-12-4-5-13(22)8-15(12)23/h4-5,8,10,16,30H,3,6-7,9,11H2,1-2H3,(H,24,31)/t16-/m0/s1. The average Bonchev–Trinajstić information content (AvgIpc) is 2.75. The zero-order valence-corrected chi connectivity index (χ0v) is 17.6. The van der Waals surface area contributed by atoms with Crippen LogP contribution in [-0.2, 0) is 6.54 Å². The second-order valence-electron chi connectivity index (χ2n) is 7.83. The van der Waals surface area contributed by atoms with Crippen molar-refractivity contribution in [3.63, 3.8) is 0 Å². The third-order valence-electron chi connectivity index (χ3n) is 5.83. The Labute approximate surface area is 182 Å². The topological polar surface area (TPSA) is 98.1 Å². The van der Waals surface area contributed by atoms with Crippen molar-refractivity contribution in [2.75, 3.05) is 38.2 Å². The molecule has 2 N–H and O–H groups in total. The van der Waals surface area contributed by atoms with Crippen LogP contribution < -0.4 is 15.8 Å². The number of amides is 2. The van der Waals surface area contributed by atoms with Gasteiger partial charge in [0, 0.05) is 50.6 Å². The minimum atomic E-state index is -0.995. The highest BCUT2D eigenvalue weighted by Crippen LogP contribution is 2.26. The van der Waals surface area contributed by atoms with Crippen LogP contribution in [0.2, 0.25) is 0 Å². The number of hydrogen-bond donors (Lipinski definition) is 2. The number of aromatic nitrogens is 1. The number of pyridine rings is 1. The predicted octanol–water partition coefficient (Wildman–Crippen LogP) is 0.447. The highest BCUT2D eigenvalue weighted by atomic mass is 19.1. The van der Waals surface area contributed by atoms with Crippen LogP contribution in [0, 0.1) is 11.6 Å². The molecule has 1 saturated heterocycles. The van der Waals surface area contributed by atoms with E-state index >= 15 is 0 Å². The number of benzene rings is 1. The molecule has 0 aliphatic carbocycles. The maximum Gasteiger partial charge on any atom is 0.278 e. The molecule has 0 unspecified atom stereocenters. The molecule has 1 aromatic carbocycles. The lowest BCUT2D eigenvalue weighted by Gasteiger charge is -2.50. The lowest BCUT2D eigenvalue weighted by Crippen LogP contribution is -2.68. The fourth-order valence-corrected chi connectivity index (χ4v) is 4.11. The first-order valence-corrected chi connectivity index (χ1v) is 10.2. The Bertz CT molecular complexity index is 1150. The monoisotopic (exact) mass is 447 g/mol. The molecule has 0 radical (unpaired) electrons. The Hall–Kier alpha value is -3.47. The van der Waals surface area contributed by atoms with Gasteiger partial charge >= 0.3 is 0 Å². The quantitative estimate of drug-likeness (QED) is 0.706. The second-order valence-corrected chi connectivity index (χ2v) is 7.83.